The van der Waals surface area contributed by atoms with Crippen LogP contribution in [-0.4, -0.2) is 54.0 Å². The molecule has 2 heterocycles. The highest BCUT2D eigenvalue weighted by molar-refractivity contribution is 5.97. The Morgan fingerprint density at radius 3 is 2.61 bits per heavy atom. The quantitative estimate of drug-likeness (QED) is 0.535. The number of benzene rings is 2. The largest absolute Gasteiger partial charge is 0.368 e. The molecule has 2 aliphatic rings. The summed E-state index contributed by atoms with van der Waals surface area (Å²) in [6.45, 7) is 8.07. The minimum absolute atomic E-state index is 0.0972. The van der Waals surface area contributed by atoms with Crippen molar-refractivity contribution in [1.29, 1.82) is 0 Å². The molecule has 2 aromatic carbocycles. The van der Waals surface area contributed by atoms with Crippen molar-refractivity contribution in [3.05, 3.63) is 101 Å². The van der Waals surface area contributed by atoms with Gasteiger partial charge in [-0.3, -0.25) is 4.79 Å². The van der Waals surface area contributed by atoms with Gasteiger partial charge in [-0.1, -0.05) is 30.8 Å². The standard InChI is InChI=1S/C28H29FN6O/c1-19(31-17-20-6-8-24(29)9-7-20)34-10-12-35(13-11-34)27-25-15-23(16-26(25)32-18-33-27)21-4-3-5-22(14-21)28(36)30-2/h3-9,14-15,18,31H,1,10-13,16-17H2,2H3,(H,30,36). The Morgan fingerprint density at radius 2 is 1.86 bits per heavy atom. The molecule has 1 amide bonds. The van der Waals surface area contributed by atoms with E-state index in [1.807, 2.05) is 24.3 Å². The molecule has 0 atom stereocenters. The average molecular weight is 485 g/mol. The summed E-state index contributed by atoms with van der Waals surface area (Å²) in [6, 6.07) is 14.2. The Bertz CT molecular complexity index is 1310. The molecule has 1 aliphatic heterocycles. The van der Waals surface area contributed by atoms with Crippen LogP contribution in [0.3, 0.4) is 0 Å². The third-order valence-electron chi connectivity index (χ3n) is 6.72. The first-order valence-corrected chi connectivity index (χ1v) is 12.1. The molecule has 184 valence electrons. The molecule has 1 fully saturated rings. The summed E-state index contributed by atoms with van der Waals surface area (Å²) >= 11 is 0. The molecule has 0 bridgehead atoms. The predicted octanol–water partition coefficient (Wildman–Crippen LogP) is 3.46. The summed E-state index contributed by atoms with van der Waals surface area (Å²) in [5.41, 5.74) is 5.87. The number of fused-ring (bicyclic) bond motifs is 1. The van der Waals surface area contributed by atoms with Crippen molar-refractivity contribution < 1.29 is 9.18 Å². The van der Waals surface area contributed by atoms with Gasteiger partial charge in [-0.25, -0.2) is 14.4 Å². The lowest BCUT2D eigenvalue weighted by Gasteiger charge is -2.38. The second-order valence-corrected chi connectivity index (χ2v) is 8.96. The van der Waals surface area contributed by atoms with E-state index in [1.54, 1.807) is 25.5 Å². The Labute approximate surface area is 210 Å². The minimum atomic E-state index is -0.232. The molecule has 36 heavy (non-hydrogen) atoms. The van der Waals surface area contributed by atoms with Crippen LogP contribution in [0, 0.1) is 5.82 Å². The Balaban J connectivity index is 1.24. The second kappa shape index (κ2) is 10.2. The molecule has 0 saturated carbocycles. The van der Waals surface area contributed by atoms with E-state index < -0.39 is 0 Å². The van der Waals surface area contributed by atoms with E-state index in [-0.39, 0.29) is 11.7 Å². The first-order chi connectivity index (χ1) is 17.5. The van der Waals surface area contributed by atoms with E-state index in [0.717, 1.165) is 65.8 Å². The van der Waals surface area contributed by atoms with E-state index in [2.05, 4.69) is 43.1 Å². The maximum absolute atomic E-state index is 13.1. The third-order valence-corrected chi connectivity index (χ3v) is 6.72. The molecule has 1 aliphatic carbocycles. The van der Waals surface area contributed by atoms with E-state index in [0.29, 0.717) is 18.5 Å². The van der Waals surface area contributed by atoms with Crippen molar-refractivity contribution in [1.82, 2.24) is 25.5 Å². The fourth-order valence-corrected chi connectivity index (χ4v) is 4.66. The number of carbonyl (C=O) groups excluding carboxylic acids is 1. The third kappa shape index (κ3) is 4.93. The van der Waals surface area contributed by atoms with E-state index in [4.69, 9.17) is 0 Å². The number of rotatable bonds is 7. The van der Waals surface area contributed by atoms with Crippen molar-refractivity contribution in [2.75, 3.05) is 38.1 Å². The molecule has 2 N–H and O–H groups in total. The smallest absolute Gasteiger partial charge is 0.251 e. The number of hydrogen-bond acceptors (Lipinski definition) is 6. The lowest BCUT2D eigenvalue weighted by molar-refractivity contribution is 0.0963. The summed E-state index contributed by atoms with van der Waals surface area (Å²) in [5, 5.41) is 6.03. The van der Waals surface area contributed by atoms with Gasteiger partial charge in [0.05, 0.1) is 11.5 Å². The van der Waals surface area contributed by atoms with Gasteiger partial charge in [0.2, 0.25) is 0 Å². The maximum atomic E-state index is 13.1. The van der Waals surface area contributed by atoms with Gasteiger partial charge in [0.25, 0.3) is 5.91 Å². The number of allylic oxidation sites excluding steroid dienone is 1. The molecular weight excluding hydrogens is 455 g/mol. The molecule has 3 aromatic rings. The van der Waals surface area contributed by atoms with Crippen molar-refractivity contribution in [3.63, 3.8) is 0 Å². The highest BCUT2D eigenvalue weighted by Gasteiger charge is 2.25. The SMILES string of the molecule is C=C(NCc1ccc(F)cc1)N1CCN(c2ncnc3c2C=C(c2cccc(C(=O)NC)c2)C3)CC1. The molecule has 7 nitrogen and oxygen atoms in total. The molecule has 5 rings (SSSR count). The van der Waals surface area contributed by atoms with Crippen LogP contribution in [0.2, 0.25) is 0 Å². The van der Waals surface area contributed by atoms with Gasteiger partial charge in [0.15, 0.2) is 0 Å². The highest BCUT2D eigenvalue weighted by Crippen LogP contribution is 2.35. The average Bonchev–Trinajstić information content (AvgIpc) is 3.37. The minimum Gasteiger partial charge on any atom is -0.368 e. The number of hydrogen-bond donors (Lipinski definition) is 2. The maximum Gasteiger partial charge on any atom is 0.251 e. The molecule has 1 aromatic heterocycles. The van der Waals surface area contributed by atoms with E-state index >= 15 is 0 Å². The van der Waals surface area contributed by atoms with Crippen LogP contribution in [0.15, 0.2) is 67.3 Å². The first kappa shape index (κ1) is 23.5. The zero-order valence-electron chi connectivity index (χ0n) is 20.3. The van der Waals surface area contributed by atoms with Crippen LogP contribution in [0.4, 0.5) is 10.2 Å². The van der Waals surface area contributed by atoms with Gasteiger partial charge < -0.3 is 20.4 Å². The van der Waals surface area contributed by atoms with Gasteiger partial charge in [-0.15, -0.1) is 0 Å². The van der Waals surface area contributed by atoms with Crippen molar-refractivity contribution in [2.24, 2.45) is 0 Å². The number of nitrogens with zero attached hydrogens (tertiary/aromatic N) is 4. The molecule has 0 unspecified atom stereocenters. The van der Waals surface area contributed by atoms with Crippen LogP contribution >= 0.6 is 0 Å². The number of amides is 1. The molecule has 0 spiro atoms. The second-order valence-electron chi connectivity index (χ2n) is 8.96. The number of nitrogens with one attached hydrogen (secondary N) is 2. The predicted molar refractivity (Wildman–Crippen MR) is 140 cm³/mol. The summed E-state index contributed by atoms with van der Waals surface area (Å²) < 4.78 is 13.1. The van der Waals surface area contributed by atoms with Gasteiger partial charge in [-0.2, -0.15) is 0 Å². The molecule has 0 radical (unpaired) electrons. The van der Waals surface area contributed by atoms with Crippen molar-refractivity contribution >= 4 is 23.4 Å². The lowest BCUT2D eigenvalue weighted by Crippen LogP contribution is -2.48. The number of halogens is 1. The van der Waals surface area contributed by atoms with Crippen LogP contribution in [0.1, 0.15) is 32.7 Å². The topological polar surface area (TPSA) is 73.4 Å². The summed E-state index contributed by atoms with van der Waals surface area (Å²) in [4.78, 5) is 25.8. The van der Waals surface area contributed by atoms with Crippen molar-refractivity contribution in [2.45, 2.75) is 13.0 Å². The first-order valence-electron chi connectivity index (χ1n) is 12.1. The number of carbonyl (C=O) groups is 1. The summed E-state index contributed by atoms with van der Waals surface area (Å²) in [6.07, 6.45) is 4.51. The van der Waals surface area contributed by atoms with Gasteiger partial charge in [-0.05, 0) is 47.0 Å². The number of aromatic nitrogens is 2. The van der Waals surface area contributed by atoms with E-state index in [9.17, 15) is 9.18 Å². The lowest BCUT2D eigenvalue weighted by atomic mass is 10.0. The highest BCUT2D eigenvalue weighted by atomic mass is 19.1. The fraction of sp³-hybridized carbons (Fsp3) is 0.250. The van der Waals surface area contributed by atoms with Gasteiger partial charge >= 0.3 is 0 Å². The molecule has 8 heteroatoms. The normalized spacial score (nSPS) is 14.8. The number of piperazine rings is 1. The molecule has 1 saturated heterocycles. The van der Waals surface area contributed by atoms with Crippen LogP contribution < -0.4 is 15.5 Å². The summed E-state index contributed by atoms with van der Waals surface area (Å²) in [7, 11) is 1.64. The van der Waals surface area contributed by atoms with E-state index in [1.165, 1.54) is 12.1 Å². The van der Waals surface area contributed by atoms with Crippen LogP contribution in [0.25, 0.3) is 11.6 Å². The van der Waals surface area contributed by atoms with Crippen LogP contribution in [0.5, 0.6) is 0 Å². The fourth-order valence-electron chi connectivity index (χ4n) is 4.66. The van der Waals surface area contributed by atoms with Crippen molar-refractivity contribution in [3.8, 4) is 0 Å². The van der Waals surface area contributed by atoms with Gasteiger partial charge in [0, 0.05) is 57.3 Å². The number of anilines is 1. The Kier molecular flexibility index (Phi) is 6.66. The molecular formula is C28H29FN6O. The zero-order chi connectivity index (χ0) is 25.1. The Morgan fingerprint density at radius 1 is 1.08 bits per heavy atom. The Hall–Kier alpha value is -4.20. The summed E-state index contributed by atoms with van der Waals surface area (Å²) in [5.74, 6) is 1.48. The monoisotopic (exact) mass is 484 g/mol. The van der Waals surface area contributed by atoms with Crippen LogP contribution in [-0.2, 0) is 13.0 Å². The van der Waals surface area contributed by atoms with Gasteiger partial charge in [0.1, 0.15) is 18.0 Å². The zero-order valence-corrected chi connectivity index (χ0v) is 20.3.